The lowest BCUT2D eigenvalue weighted by molar-refractivity contribution is -0.139. The van der Waals surface area contributed by atoms with E-state index in [1.54, 1.807) is 51.1 Å². The van der Waals surface area contributed by atoms with E-state index >= 15 is 0 Å². The van der Waals surface area contributed by atoms with Gasteiger partial charge in [-0.3, -0.25) is 9.36 Å². The number of nitrogens with zero attached hydrogens (tertiary/aromatic N) is 2. The van der Waals surface area contributed by atoms with Crippen molar-refractivity contribution in [1.82, 2.24) is 4.57 Å². The van der Waals surface area contributed by atoms with Crippen LogP contribution in [0.25, 0.3) is 6.08 Å². The van der Waals surface area contributed by atoms with Gasteiger partial charge < -0.3 is 19.3 Å². The summed E-state index contributed by atoms with van der Waals surface area (Å²) in [5.41, 5.74) is 1.77. The number of ether oxygens (including phenoxy) is 3. The molecular formula is C27H27ClN2O6S. The van der Waals surface area contributed by atoms with Gasteiger partial charge in [-0.25, -0.2) is 9.79 Å². The maximum Gasteiger partial charge on any atom is 0.338 e. The molecule has 1 N–H and O–H groups in total. The SMILES string of the molecule is CCOC(=O)C1=C(C)N=c2s/c(=C/c3cc(Cl)c(O)c(OCC)c3)c(=O)n2[C@H]1c1ccc(OCC)cc1. The molecule has 194 valence electrons. The molecule has 1 aliphatic rings. The van der Waals surface area contributed by atoms with Crippen molar-refractivity contribution in [3.63, 3.8) is 0 Å². The quantitative estimate of drug-likeness (QED) is 0.433. The number of aromatic hydroxyl groups is 1. The van der Waals surface area contributed by atoms with Gasteiger partial charge in [0.15, 0.2) is 16.3 Å². The molecule has 1 aromatic heterocycles. The highest BCUT2D eigenvalue weighted by molar-refractivity contribution is 7.07. The van der Waals surface area contributed by atoms with Crippen molar-refractivity contribution in [2.75, 3.05) is 19.8 Å². The zero-order valence-corrected chi connectivity index (χ0v) is 22.5. The van der Waals surface area contributed by atoms with Crippen LogP contribution in [0.5, 0.6) is 17.2 Å². The number of fused-ring (bicyclic) bond motifs is 1. The number of rotatable bonds is 8. The van der Waals surface area contributed by atoms with Gasteiger partial charge in [-0.2, -0.15) is 0 Å². The van der Waals surface area contributed by atoms with Crippen molar-refractivity contribution in [3.8, 4) is 17.2 Å². The lowest BCUT2D eigenvalue weighted by atomic mass is 9.96. The smallest absolute Gasteiger partial charge is 0.338 e. The number of thiazole rings is 1. The molecule has 2 heterocycles. The number of halogens is 1. The molecule has 3 aromatic rings. The molecule has 0 saturated heterocycles. The molecule has 0 unspecified atom stereocenters. The first-order chi connectivity index (χ1) is 17.8. The number of benzene rings is 2. The minimum absolute atomic E-state index is 0.109. The van der Waals surface area contributed by atoms with E-state index in [-0.39, 0.29) is 28.7 Å². The number of carbonyl (C=O) groups is 1. The Morgan fingerprint density at radius 1 is 1.14 bits per heavy atom. The third-order valence-electron chi connectivity index (χ3n) is 5.67. The average Bonchev–Trinajstić information content (AvgIpc) is 3.16. The normalized spacial score (nSPS) is 15.3. The van der Waals surface area contributed by atoms with Gasteiger partial charge in [0.25, 0.3) is 5.56 Å². The molecule has 0 radical (unpaired) electrons. The molecule has 1 aliphatic heterocycles. The van der Waals surface area contributed by atoms with E-state index in [0.717, 1.165) is 5.56 Å². The molecule has 0 spiro atoms. The first kappa shape index (κ1) is 26.5. The molecule has 10 heteroatoms. The first-order valence-corrected chi connectivity index (χ1v) is 13.1. The summed E-state index contributed by atoms with van der Waals surface area (Å²) >= 11 is 7.38. The Balaban J connectivity index is 1.91. The molecule has 1 atom stereocenters. The number of aromatic nitrogens is 1. The molecule has 4 rings (SSSR count). The minimum atomic E-state index is -0.726. The fraction of sp³-hybridized carbons (Fsp3) is 0.296. The van der Waals surface area contributed by atoms with Crippen LogP contribution < -0.4 is 24.4 Å². The van der Waals surface area contributed by atoms with Crippen molar-refractivity contribution in [1.29, 1.82) is 0 Å². The summed E-state index contributed by atoms with van der Waals surface area (Å²) in [4.78, 5) is 31.8. The van der Waals surface area contributed by atoms with Gasteiger partial charge in [0.2, 0.25) is 0 Å². The second kappa shape index (κ2) is 11.2. The number of hydrogen-bond acceptors (Lipinski definition) is 8. The van der Waals surface area contributed by atoms with Crippen molar-refractivity contribution < 1.29 is 24.1 Å². The third-order valence-corrected chi connectivity index (χ3v) is 6.94. The van der Waals surface area contributed by atoms with E-state index in [0.29, 0.717) is 45.1 Å². The van der Waals surface area contributed by atoms with Gasteiger partial charge in [-0.15, -0.1) is 0 Å². The van der Waals surface area contributed by atoms with E-state index < -0.39 is 12.0 Å². The minimum Gasteiger partial charge on any atom is -0.503 e. The molecule has 0 amide bonds. The van der Waals surface area contributed by atoms with Crippen molar-refractivity contribution >= 4 is 35.0 Å². The topological polar surface area (TPSA) is 99.4 Å². The monoisotopic (exact) mass is 542 g/mol. The van der Waals surface area contributed by atoms with Crippen molar-refractivity contribution in [3.05, 3.63) is 83.5 Å². The molecular weight excluding hydrogens is 516 g/mol. The Kier molecular flexibility index (Phi) is 8.04. The predicted molar refractivity (Wildman–Crippen MR) is 142 cm³/mol. The van der Waals surface area contributed by atoms with Crippen LogP contribution in [0.4, 0.5) is 0 Å². The van der Waals surface area contributed by atoms with Crippen LogP contribution in [0.3, 0.4) is 0 Å². The fourth-order valence-corrected chi connectivity index (χ4v) is 5.38. The summed E-state index contributed by atoms with van der Waals surface area (Å²) in [5, 5.41) is 10.3. The lowest BCUT2D eigenvalue weighted by Crippen LogP contribution is -2.39. The van der Waals surface area contributed by atoms with Crippen LogP contribution in [-0.2, 0) is 9.53 Å². The lowest BCUT2D eigenvalue weighted by Gasteiger charge is -2.24. The molecule has 0 saturated carbocycles. The van der Waals surface area contributed by atoms with Crippen LogP contribution in [0.2, 0.25) is 5.02 Å². The molecule has 2 aromatic carbocycles. The van der Waals surface area contributed by atoms with Crippen LogP contribution in [0.1, 0.15) is 44.9 Å². The third kappa shape index (κ3) is 5.28. The number of carbonyl (C=O) groups excluding carboxylic acids is 1. The van der Waals surface area contributed by atoms with Gasteiger partial charge in [0, 0.05) is 0 Å². The number of hydrogen-bond donors (Lipinski definition) is 1. The van der Waals surface area contributed by atoms with E-state index in [4.69, 9.17) is 25.8 Å². The highest BCUT2D eigenvalue weighted by Crippen LogP contribution is 2.35. The van der Waals surface area contributed by atoms with Crippen LogP contribution >= 0.6 is 22.9 Å². The molecule has 37 heavy (non-hydrogen) atoms. The van der Waals surface area contributed by atoms with Gasteiger partial charge in [0.05, 0.1) is 46.7 Å². The van der Waals surface area contributed by atoms with Gasteiger partial charge in [-0.1, -0.05) is 35.1 Å². The fourth-order valence-electron chi connectivity index (χ4n) is 4.11. The largest absolute Gasteiger partial charge is 0.503 e. The second-order valence-corrected chi connectivity index (χ2v) is 9.50. The Morgan fingerprint density at radius 2 is 1.84 bits per heavy atom. The van der Waals surface area contributed by atoms with Crippen LogP contribution in [0, 0.1) is 0 Å². The average molecular weight is 543 g/mol. The summed E-state index contributed by atoms with van der Waals surface area (Å²) in [5.74, 6) is 0.226. The summed E-state index contributed by atoms with van der Waals surface area (Å²) in [6, 6.07) is 9.72. The predicted octanol–water partition coefficient (Wildman–Crippen LogP) is 3.95. The number of phenolic OH excluding ortho intramolecular Hbond substituents is 1. The summed E-state index contributed by atoms with van der Waals surface area (Å²) in [6.07, 6.45) is 1.66. The highest BCUT2D eigenvalue weighted by Gasteiger charge is 2.33. The number of esters is 1. The highest BCUT2D eigenvalue weighted by atomic mass is 35.5. The van der Waals surface area contributed by atoms with E-state index in [9.17, 15) is 14.7 Å². The number of phenols is 1. The van der Waals surface area contributed by atoms with Crippen LogP contribution in [-0.4, -0.2) is 35.5 Å². The Labute approximate surface area is 222 Å². The maximum absolute atomic E-state index is 13.7. The van der Waals surface area contributed by atoms with Gasteiger partial charge >= 0.3 is 5.97 Å². The van der Waals surface area contributed by atoms with E-state index in [1.807, 2.05) is 19.1 Å². The van der Waals surface area contributed by atoms with E-state index in [2.05, 4.69) is 4.99 Å². The van der Waals surface area contributed by atoms with Gasteiger partial charge in [-0.05, 0) is 69.2 Å². The maximum atomic E-state index is 13.7. The first-order valence-electron chi connectivity index (χ1n) is 11.9. The van der Waals surface area contributed by atoms with Crippen LogP contribution in [0.15, 0.2) is 57.5 Å². The molecule has 0 bridgehead atoms. The second-order valence-electron chi connectivity index (χ2n) is 8.09. The van der Waals surface area contributed by atoms with Gasteiger partial charge in [0.1, 0.15) is 5.75 Å². The summed E-state index contributed by atoms with van der Waals surface area (Å²) in [6.45, 7) is 8.21. The Bertz CT molecular complexity index is 1540. The molecule has 0 aliphatic carbocycles. The van der Waals surface area contributed by atoms with E-state index in [1.165, 1.54) is 15.9 Å². The Hall–Kier alpha value is -3.56. The summed E-state index contributed by atoms with van der Waals surface area (Å²) < 4.78 is 18.3. The zero-order chi connectivity index (χ0) is 26.7. The zero-order valence-electron chi connectivity index (χ0n) is 20.9. The Morgan fingerprint density at radius 3 is 2.49 bits per heavy atom. The molecule has 8 nitrogen and oxygen atoms in total. The number of allylic oxidation sites excluding steroid dienone is 1. The van der Waals surface area contributed by atoms with Crippen molar-refractivity contribution in [2.24, 2.45) is 4.99 Å². The molecule has 0 fully saturated rings. The standard InChI is InChI=1S/C27H27ClN2O6S/c1-5-34-18-10-8-17(9-11-18)23-22(26(33)36-7-3)15(4)29-27-30(23)25(32)21(37-27)14-16-12-19(28)24(31)20(13-16)35-6-2/h8-14,23,31H,5-7H2,1-4H3/b21-14+/t23-/m0/s1. The summed E-state index contributed by atoms with van der Waals surface area (Å²) in [7, 11) is 0. The van der Waals surface area contributed by atoms with Crippen molar-refractivity contribution in [2.45, 2.75) is 33.7 Å².